The second kappa shape index (κ2) is 7.34. The summed E-state index contributed by atoms with van der Waals surface area (Å²) < 4.78 is 26.0. The second-order valence-electron chi connectivity index (χ2n) is 6.06. The van der Waals surface area contributed by atoms with E-state index in [9.17, 15) is 13.2 Å². The summed E-state index contributed by atoms with van der Waals surface area (Å²) in [7, 11) is -3.28. The number of unbranched alkanes of at least 4 members (excludes halogenated alkanes) is 2. The van der Waals surface area contributed by atoms with E-state index >= 15 is 0 Å². The van der Waals surface area contributed by atoms with Crippen LogP contribution in [0.25, 0.3) is 0 Å². The third kappa shape index (κ3) is 3.86. The Labute approximate surface area is 139 Å². The van der Waals surface area contributed by atoms with Gasteiger partial charge in [0.2, 0.25) is 10.0 Å². The first kappa shape index (κ1) is 17.8. The second-order valence-corrected chi connectivity index (χ2v) is 8.19. The Morgan fingerprint density at radius 3 is 2.70 bits per heavy atom. The molecule has 1 aliphatic heterocycles. The molecule has 5 nitrogen and oxygen atoms in total. The lowest BCUT2D eigenvalue weighted by Gasteiger charge is -2.23. The van der Waals surface area contributed by atoms with E-state index in [1.165, 1.54) is 4.31 Å². The Bertz CT molecular complexity index is 670. The molecule has 0 spiro atoms. The Hall–Kier alpha value is -1.56. The number of anilines is 1. The Kier molecular flexibility index (Phi) is 5.68. The third-order valence-corrected chi connectivity index (χ3v) is 6.11. The van der Waals surface area contributed by atoms with Gasteiger partial charge in [-0.2, -0.15) is 0 Å². The van der Waals surface area contributed by atoms with Crippen LogP contribution in [0, 0.1) is 0 Å². The predicted octanol–water partition coefficient (Wildman–Crippen LogP) is 2.71. The number of carbonyl (C=O) groups excluding carboxylic acids is 1. The Balaban J connectivity index is 2.15. The van der Waals surface area contributed by atoms with Crippen molar-refractivity contribution >= 4 is 21.6 Å². The summed E-state index contributed by atoms with van der Waals surface area (Å²) in [6.07, 6.45) is 3.85. The summed E-state index contributed by atoms with van der Waals surface area (Å²) in [5.41, 5.74) is 2.24. The highest BCUT2D eigenvalue weighted by Gasteiger charge is 2.34. The highest BCUT2D eigenvalue weighted by molar-refractivity contribution is 7.92. The number of hydrogen-bond acceptors (Lipinski definition) is 3. The fraction of sp³-hybridized carbons (Fsp3) is 0.588. The highest BCUT2D eigenvalue weighted by atomic mass is 32.2. The molecule has 1 N–H and O–H groups in total. The standard InChI is InChI=1S/C17H26N2O3S/c1-4-6-7-10-18-17(20)14-8-9-16-15(12-14)11-13(3)19(16)23(21,22)5-2/h8-9,12-13H,4-7,10-11H2,1-3H3,(H,18,20)/t13-/m1/s1. The largest absolute Gasteiger partial charge is 0.352 e. The van der Waals surface area contributed by atoms with Gasteiger partial charge in [0.1, 0.15) is 0 Å². The molecule has 0 aliphatic carbocycles. The minimum absolute atomic E-state index is 0.0798. The number of carbonyl (C=O) groups is 1. The van der Waals surface area contributed by atoms with E-state index < -0.39 is 10.0 Å². The number of fused-ring (bicyclic) bond motifs is 1. The van der Waals surface area contributed by atoms with Crippen LogP contribution in [0.1, 0.15) is 56.0 Å². The maximum Gasteiger partial charge on any atom is 0.251 e. The van der Waals surface area contributed by atoms with Crippen LogP contribution < -0.4 is 9.62 Å². The minimum Gasteiger partial charge on any atom is -0.352 e. The number of sulfonamides is 1. The molecule has 0 saturated carbocycles. The first-order valence-electron chi connectivity index (χ1n) is 8.34. The monoisotopic (exact) mass is 338 g/mol. The Morgan fingerprint density at radius 1 is 1.30 bits per heavy atom. The van der Waals surface area contributed by atoms with E-state index in [0.29, 0.717) is 24.2 Å². The van der Waals surface area contributed by atoms with Crippen LogP contribution in [0.5, 0.6) is 0 Å². The zero-order chi connectivity index (χ0) is 17.0. The van der Waals surface area contributed by atoms with Gasteiger partial charge in [0.05, 0.1) is 11.4 Å². The predicted molar refractivity (Wildman–Crippen MR) is 93.4 cm³/mol. The molecular formula is C17H26N2O3S. The summed E-state index contributed by atoms with van der Waals surface area (Å²) in [4.78, 5) is 12.2. The summed E-state index contributed by atoms with van der Waals surface area (Å²) in [6, 6.07) is 5.20. The molecule has 0 bridgehead atoms. The smallest absolute Gasteiger partial charge is 0.251 e. The fourth-order valence-corrected chi connectivity index (χ4v) is 4.36. The quantitative estimate of drug-likeness (QED) is 0.777. The van der Waals surface area contributed by atoms with Crippen molar-refractivity contribution in [2.24, 2.45) is 0 Å². The van der Waals surface area contributed by atoms with Crippen molar-refractivity contribution in [3.05, 3.63) is 29.3 Å². The molecule has 0 radical (unpaired) electrons. The molecule has 1 aromatic rings. The van der Waals surface area contributed by atoms with Gasteiger partial charge in [-0.1, -0.05) is 19.8 Å². The minimum atomic E-state index is -3.28. The zero-order valence-electron chi connectivity index (χ0n) is 14.1. The molecule has 23 heavy (non-hydrogen) atoms. The molecule has 0 fully saturated rings. The van der Waals surface area contributed by atoms with Gasteiger partial charge in [-0.05, 0) is 50.5 Å². The zero-order valence-corrected chi connectivity index (χ0v) is 14.9. The van der Waals surface area contributed by atoms with Gasteiger partial charge in [-0.3, -0.25) is 9.10 Å². The summed E-state index contributed by atoms with van der Waals surface area (Å²) in [5.74, 6) is -0.00968. The number of hydrogen-bond donors (Lipinski definition) is 1. The van der Waals surface area contributed by atoms with Gasteiger partial charge in [0, 0.05) is 18.2 Å². The van der Waals surface area contributed by atoms with Crippen LogP contribution in [-0.4, -0.2) is 32.7 Å². The van der Waals surface area contributed by atoms with E-state index in [0.717, 1.165) is 24.8 Å². The molecule has 0 unspecified atom stereocenters. The van der Waals surface area contributed by atoms with Gasteiger partial charge in [0.25, 0.3) is 5.91 Å². The number of nitrogens with one attached hydrogen (secondary N) is 1. The maximum absolute atomic E-state index is 12.2. The summed E-state index contributed by atoms with van der Waals surface area (Å²) >= 11 is 0. The molecule has 1 aromatic carbocycles. The van der Waals surface area contributed by atoms with E-state index in [1.807, 2.05) is 13.0 Å². The molecule has 0 saturated heterocycles. The number of benzene rings is 1. The topological polar surface area (TPSA) is 66.5 Å². The van der Waals surface area contributed by atoms with Gasteiger partial charge in [0.15, 0.2) is 0 Å². The first-order valence-corrected chi connectivity index (χ1v) is 9.94. The normalized spacial score (nSPS) is 17.2. The van der Waals surface area contributed by atoms with Crippen molar-refractivity contribution in [1.29, 1.82) is 0 Å². The Morgan fingerprint density at radius 2 is 2.04 bits per heavy atom. The highest BCUT2D eigenvalue weighted by Crippen LogP contribution is 2.35. The molecule has 1 amide bonds. The fourth-order valence-electron chi connectivity index (χ4n) is 2.99. The molecule has 0 aromatic heterocycles. The molecule has 128 valence electrons. The lowest BCUT2D eigenvalue weighted by atomic mass is 10.1. The van der Waals surface area contributed by atoms with Crippen LogP contribution in [0.15, 0.2) is 18.2 Å². The van der Waals surface area contributed by atoms with Gasteiger partial charge >= 0.3 is 0 Å². The molecule has 6 heteroatoms. The van der Waals surface area contributed by atoms with Crippen molar-refractivity contribution in [2.75, 3.05) is 16.6 Å². The number of rotatable bonds is 7. The van der Waals surface area contributed by atoms with E-state index in [-0.39, 0.29) is 17.7 Å². The molecule has 1 aliphatic rings. The van der Waals surface area contributed by atoms with Crippen LogP contribution in [0.3, 0.4) is 0 Å². The van der Waals surface area contributed by atoms with Crippen molar-refractivity contribution in [3.63, 3.8) is 0 Å². The first-order chi connectivity index (χ1) is 10.9. The van der Waals surface area contributed by atoms with E-state index in [2.05, 4.69) is 12.2 Å². The van der Waals surface area contributed by atoms with Crippen LogP contribution in [-0.2, 0) is 16.4 Å². The lowest BCUT2D eigenvalue weighted by Crippen LogP contribution is -2.36. The van der Waals surface area contributed by atoms with Crippen LogP contribution in [0.2, 0.25) is 0 Å². The summed E-state index contributed by atoms with van der Waals surface area (Å²) in [6.45, 7) is 6.35. The third-order valence-electron chi connectivity index (χ3n) is 4.23. The van der Waals surface area contributed by atoms with Crippen molar-refractivity contribution in [1.82, 2.24) is 5.32 Å². The van der Waals surface area contributed by atoms with Gasteiger partial charge < -0.3 is 5.32 Å². The van der Waals surface area contributed by atoms with Gasteiger partial charge in [-0.25, -0.2) is 8.42 Å². The van der Waals surface area contributed by atoms with Crippen molar-refractivity contribution < 1.29 is 13.2 Å². The number of amides is 1. The van der Waals surface area contributed by atoms with Gasteiger partial charge in [-0.15, -0.1) is 0 Å². The molecule has 1 atom stereocenters. The SMILES string of the molecule is CCCCCNC(=O)c1ccc2c(c1)C[C@@H](C)N2S(=O)(=O)CC. The number of nitrogens with zero attached hydrogens (tertiary/aromatic N) is 1. The average Bonchev–Trinajstić information content (AvgIpc) is 2.86. The lowest BCUT2D eigenvalue weighted by molar-refractivity contribution is 0.0953. The molecule has 2 rings (SSSR count). The van der Waals surface area contributed by atoms with Crippen molar-refractivity contribution in [2.45, 2.75) is 52.5 Å². The molecule has 1 heterocycles. The average molecular weight is 338 g/mol. The summed E-state index contributed by atoms with van der Waals surface area (Å²) in [5, 5.41) is 2.92. The van der Waals surface area contributed by atoms with Crippen LogP contribution in [0.4, 0.5) is 5.69 Å². The van der Waals surface area contributed by atoms with E-state index in [4.69, 9.17) is 0 Å². The molecular weight excluding hydrogens is 312 g/mol. The maximum atomic E-state index is 12.2. The van der Waals surface area contributed by atoms with E-state index in [1.54, 1.807) is 19.1 Å². The van der Waals surface area contributed by atoms with Crippen LogP contribution >= 0.6 is 0 Å². The van der Waals surface area contributed by atoms with Crippen molar-refractivity contribution in [3.8, 4) is 0 Å².